The Kier molecular flexibility index (Phi) is 4.13. The van der Waals surface area contributed by atoms with E-state index in [4.69, 9.17) is 10.2 Å². The number of nitrogens with two attached hydrogens (primary N) is 1. The van der Waals surface area contributed by atoms with Gasteiger partial charge in [0.1, 0.15) is 11.5 Å². The Morgan fingerprint density at radius 2 is 2.11 bits per heavy atom. The van der Waals surface area contributed by atoms with Crippen LogP contribution in [0.4, 0.5) is 0 Å². The molecule has 0 atom stereocenters. The average molecular weight is 250 g/mol. The topological polar surface area (TPSA) is 42.4 Å². The molecule has 0 bridgehead atoms. The molecule has 1 aliphatic heterocycles. The van der Waals surface area contributed by atoms with Gasteiger partial charge in [-0.1, -0.05) is 13.8 Å². The van der Waals surface area contributed by atoms with Gasteiger partial charge in [0.15, 0.2) is 0 Å². The standard InChI is InChI=1S/C15H26N2O/c1-4-15(5-2)6-7-17(11-15)10-14-8-13(9-16)12(3)18-14/h8H,4-7,9-11,16H2,1-3H3. The van der Waals surface area contributed by atoms with Crippen LogP contribution >= 0.6 is 0 Å². The van der Waals surface area contributed by atoms with Crippen molar-refractivity contribution in [3.05, 3.63) is 23.2 Å². The lowest BCUT2D eigenvalue weighted by molar-refractivity contribution is 0.225. The summed E-state index contributed by atoms with van der Waals surface area (Å²) in [7, 11) is 0. The second kappa shape index (κ2) is 5.45. The monoisotopic (exact) mass is 250 g/mol. The van der Waals surface area contributed by atoms with E-state index in [1.54, 1.807) is 0 Å². The Morgan fingerprint density at radius 1 is 1.39 bits per heavy atom. The maximum atomic E-state index is 5.78. The molecule has 0 aromatic carbocycles. The number of nitrogens with zero attached hydrogens (tertiary/aromatic N) is 1. The summed E-state index contributed by atoms with van der Waals surface area (Å²) in [5.74, 6) is 2.04. The fraction of sp³-hybridized carbons (Fsp3) is 0.733. The summed E-state index contributed by atoms with van der Waals surface area (Å²) in [5.41, 5.74) is 7.36. The van der Waals surface area contributed by atoms with Crippen LogP contribution in [0.25, 0.3) is 0 Å². The molecule has 102 valence electrons. The first-order valence-electron chi connectivity index (χ1n) is 7.13. The summed E-state index contributed by atoms with van der Waals surface area (Å²) >= 11 is 0. The predicted molar refractivity (Wildman–Crippen MR) is 74.2 cm³/mol. The van der Waals surface area contributed by atoms with Crippen molar-refractivity contribution in [1.82, 2.24) is 4.90 Å². The third-order valence-corrected chi connectivity index (χ3v) is 4.69. The molecule has 18 heavy (non-hydrogen) atoms. The molecule has 0 aliphatic carbocycles. The molecule has 1 saturated heterocycles. The van der Waals surface area contributed by atoms with E-state index in [2.05, 4.69) is 24.8 Å². The van der Waals surface area contributed by atoms with Gasteiger partial charge in [-0.3, -0.25) is 4.90 Å². The molecule has 1 aliphatic rings. The normalized spacial score (nSPS) is 19.6. The number of aryl methyl sites for hydroxylation is 1. The minimum absolute atomic E-state index is 0.540. The summed E-state index contributed by atoms with van der Waals surface area (Å²) < 4.78 is 5.78. The van der Waals surface area contributed by atoms with Crippen molar-refractivity contribution in [3.63, 3.8) is 0 Å². The van der Waals surface area contributed by atoms with Crippen LogP contribution in [0.1, 0.15) is 50.2 Å². The fourth-order valence-corrected chi connectivity index (χ4v) is 3.08. The molecule has 2 rings (SSSR count). The van der Waals surface area contributed by atoms with Gasteiger partial charge in [0.05, 0.1) is 6.54 Å². The van der Waals surface area contributed by atoms with Crippen LogP contribution in [-0.4, -0.2) is 18.0 Å². The van der Waals surface area contributed by atoms with E-state index in [0.717, 1.165) is 23.6 Å². The zero-order valence-corrected chi connectivity index (χ0v) is 12.0. The van der Waals surface area contributed by atoms with Crippen LogP contribution in [-0.2, 0) is 13.1 Å². The summed E-state index contributed by atoms with van der Waals surface area (Å²) in [6, 6.07) is 2.12. The van der Waals surface area contributed by atoms with E-state index < -0.39 is 0 Å². The quantitative estimate of drug-likeness (QED) is 0.873. The summed E-state index contributed by atoms with van der Waals surface area (Å²) in [5, 5.41) is 0. The smallest absolute Gasteiger partial charge is 0.118 e. The third-order valence-electron chi connectivity index (χ3n) is 4.69. The first kappa shape index (κ1) is 13.6. The van der Waals surface area contributed by atoms with Gasteiger partial charge in [-0.25, -0.2) is 0 Å². The SMILES string of the molecule is CCC1(CC)CCN(Cc2cc(CN)c(C)o2)C1. The average Bonchev–Trinajstić information content (AvgIpc) is 2.94. The second-order valence-corrected chi connectivity index (χ2v) is 5.67. The van der Waals surface area contributed by atoms with Gasteiger partial charge in [0, 0.05) is 18.7 Å². The Bertz CT molecular complexity index is 393. The molecule has 1 aromatic rings. The van der Waals surface area contributed by atoms with E-state index in [-0.39, 0.29) is 0 Å². The largest absolute Gasteiger partial charge is 0.465 e. The van der Waals surface area contributed by atoms with Gasteiger partial charge >= 0.3 is 0 Å². The number of likely N-dealkylation sites (tertiary alicyclic amines) is 1. The Balaban J connectivity index is 1.98. The van der Waals surface area contributed by atoms with Crippen LogP contribution in [0.3, 0.4) is 0 Å². The maximum Gasteiger partial charge on any atom is 0.118 e. The predicted octanol–water partition coefficient (Wildman–Crippen LogP) is 3.06. The molecule has 0 unspecified atom stereocenters. The Labute approximate surface area is 110 Å². The maximum absolute atomic E-state index is 5.78. The lowest BCUT2D eigenvalue weighted by Gasteiger charge is -2.26. The molecule has 1 aromatic heterocycles. The second-order valence-electron chi connectivity index (χ2n) is 5.67. The number of hydrogen-bond donors (Lipinski definition) is 1. The summed E-state index contributed by atoms with van der Waals surface area (Å²) in [4.78, 5) is 2.52. The summed E-state index contributed by atoms with van der Waals surface area (Å²) in [6.45, 7) is 10.5. The van der Waals surface area contributed by atoms with Crippen molar-refractivity contribution in [2.45, 2.75) is 53.1 Å². The van der Waals surface area contributed by atoms with Crippen LogP contribution in [0, 0.1) is 12.3 Å². The van der Waals surface area contributed by atoms with Crippen LogP contribution in [0.5, 0.6) is 0 Å². The highest BCUT2D eigenvalue weighted by molar-refractivity contribution is 5.20. The fourth-order valence-electron chi connectivity index (χ4n) is 3.08. The van der Waals surface area contributed by atoms with E-state index >= 15 is 0 Å². The first-order chi connectivity index (χ1) is 8.62. The van der Waals surface area contributed by atoms with E-state index in [9.17, 15) is 0 Å². The van der Waals surface area contributed by atoms with Gasteiger partial charge in [-0.05, 0) is 44.2 Å². The van der Waals surface area contributed by atoms with Gasteiger partial charge in [-0.15, -0.1) is 0 Å². The van der Waals surface area contributed by atoms with Crippen molar-refractivity contribution >= 4 is 0 Å². The van der Waals surface area contributed by atoms with E-state index in [1.807, 2.05) is 6.92 Å². The number of furan rings is 1. The molecule has 0 amide bonds. The molecular weight excluding hydrogens is 224 g/mol. The highest BCUT2D eigenvalue weighted by atomic mass is 16.3. The molecule has 3 nitrogen and oxygen atoms in total. The van der Waals surface area contributed by atoms with E-state index in [0.29, 0.717) is 12.0 Å². The molecular formula is C15H26N2O. The molecule has 2 N–H and O–H groups in total. The number of hydrogen-bond acceptors (Lipinski definition) is 3. The van der Waals surface area contributed by atoms with Gasteiger partial charge in [0.2, 0.25) is 0 Å². The zero-order chi connectivity index (χ0) is 13.2. The summed E-state index contributed by atoms with van der Waals surface area (Å²) in [6.07, 6.45) is 3.89. The number of rotatable bonds is 5. The highest BCUT2D eigenvalue weighted by Crippen LogP contribution is 2.37. The molecule has 3 heteroatoms. The minimum Gasteiger partial charge on any atom is -0.465 e. The van der Waals surface area contributed by atoms with Gasteiger partial charge in [-0.2, -0.15) is 0 Å². The molecule has 1 fully saturated rings. The lowest BCUT2D eigenvalue weighted by Crippen LogP contribution is -2.25. The van der Waals surface area contributed by atoms with Crippen molar-refractivity contribution in [2.24, 2.45) is 11.1 Å². The van der Waals surface area contributed by atoms with E-state index in [1.165, 1.54) is 32.4 Å². The Hall–Kier alpha value is -0.800. The third kappa shape index (κ3) is 2.62. The van der Waals surface area contributed by atoms with Gasteiger partial charge < -0.3 is 10.2 Å². The molecule has 0 saturated carbocycles. The zero-order valence-electron chi connectivity index (χ0n) is 12.0. The van der Waals surface area contributed by atoms with Crippen molar-refractivity contribution in [1.29, 1.82) is 0 Å². The van der Waals surface area contributed by atoms with Crippen molar-refractivity contribution in [3.8, 4) is 0 Å². The van der Waals surface area contributed by atoms with Crippen LogP contribution < -0.4 is 5.73 Å². The van der Waals surface area contributed by atoms with Crippen molar-refractivity contribution in [2.75, 3.05) is 13.1 Å². The highest BCUT2D eigenvalue weighted by Gasteiger charge is 2.34. The van der Waals surface area contributed by atoms with Crippen LogP contribution in [0.15, 0.2) is 10.5 Å². The van der Waals surface area contributed by atoms with Crippen molar-refractivity contribution < 1.29 is 4.42 Å². The first-order valence-corrected chi connectivity index (χ1v) is 7.13. The van der Waals surface area contributed by atoms with Gasteiger partial charge in [0.25, 0.3) is 0 Å². The molecule has 0 spiro atoms. The molecule has 2 heterocycles. The lowest BCUT2D eigenvalue weighted by atomic mass is 9.82. The Morgan fingerprint density at radius 3 is 2.61 bits per heavy atom. The molecule has 0 radical (unpaired) electrons. The van der Waals surface area contributed by atoms with Crippen LogP contribution in [0.2, 0.25) is 0 Å². The minimum atomic E-state index is 0.540.